The van der Waals surface area contributed by atoms with Gasteiger partial charge in [-0.05, 0) is 6.92 Å². The molecule has 0 bridgehead atoms. The van der Waals surface area contributed by atoms with E-state index < -0.39 is 12.3 Å². The Morgan fingerprint density at radius 1 is 1.73 bits per heavy atom. The number of carbonyl (C=O) groups is 1. The van der Waals surface area contributed by atoms with E-state index in [4.69, 9.17) is 6.42 Å². The highest BCUT2D eigenvalue weighted by Gasteiger charge is 2.08. The molecule has 0 fully saturated rings. The topological polar surface area (TPSA) is 35.5 Å². The molecular weight excluding hydrogens is 144 g/mol. The number of esters is 1. The molecule has 0 radical (unpaired) electrons. The van der Waals surface area contributed by atoms with Crippen LogP contribution in [0.15, 0.2) is 12.2 Å². The molecule has 0 spiro atoms. The Morgan fingerprint density at radius 2 is 2.27 bits per heavy atom. The number of hydrogen-bond donors (Lipinski definition) is 0. The molecule has 0 aromatic carbocycles. The van der Waals surface area contributed by atoms with Gasteiger partial charge in [0.2, 0.25) is 0 Å². The molecule has 3 heteroatoms. The fraction of sp³-hybridized carbons (Fsp3) is 0.375. The molecule has 1 atom stereocenters. The quantitative estimate of drug-likeness (QED) is 0.264. The van der Waals surface area contributed by atoms with Gasteiger partial charge in [-0.2, -0.15) is 0 Å². The summed E-state index contributed by atoms with van der Waals surface area (Å²) in [6.45, 7) is 6.46. The fourth-order valence-corrected chi connectivity index (χ4v) is 0.371. The van der Waals surface area contributed by atoms with E-state index in [2.05, 4.69) is 16.1 Å². The van der Waals surface area contributed by atoms with Gasteiger partial charge in [-0.25, -0.2) is 4.79 Å². The van der Waals surface area contributed by atoms with Crippen LogP contribution in [0, 0.1) is 12.5 Å². The highest BCUT2D eigenvalue weighted by Crippen LogP contribution is 1.98. The van der Waals surface area contributed by atoms with E-state index in [1.54, 1.807) is 6.92 Å². The third-order valence-corrected chi connectivity index (χ3v) is 0.855. The number of terminal acetylenes is 1. The van der Waals surface area contributed by atoms with Crippen molar-refractivity contribution in [2.75, 3.05) is 0 Å². The summed E-state index contributed by atoms with van der Waals surface area (Å²) in [5, 5.41) is 0. The Labute approximate surface area is 66.0 Å². The molecule has 0 saturated carbocycles. The van der Waals surface area contributed by atoms with Crippen LogP contribution in [-0.2, 0) is 14.3 Å². The minimum atomic E-state index is -0.718. The predicted molar refractivity (Wildman–Crippen MR) is 40.3 cm³/mol. The molecule has 11 heavy (non-hydrogen) atoms. The Balaban J connectivity index is 3.77. The van der Waals surface area contributed by atoms with Gasteiger partial charge in [-0.1, -0.05) is 13.0 Å². The van der Waals surface area contributed by atoms with Crippen molar-refractivity contribution in [3.63, 3.8) is 0 Å². The largest absolute Gasteiger partial charge is 0.421 e. The summed E-state index contributed by atoms with van der Waals surface area (Å²) in [6.07, 6.45) is 5.98. The average molecular weight is 154 g/mol. The zero-order valence-electron chi connectivity index (χ0n) is 6.59. The zero-order chi connectivity index (χ0) is 8.85. The molecule has 0 N–H and O–H groups in total. The first kappa shape index (κ1) is 9.57. The lowest BCUT2D eigenvalue weighted by molar-refractivity contribution is -0.159. The van der Waals surface area contributed by atoms with Crippen LogP contribution in [0.5, 0.6) is 0 Å². The highest BCUT2D eigenvalue weighted by atomic mass is 16.7. The summed E-state index contributed by atoms with van der Waals surface area (Å²) in [5.41, 5.74) is 0.317. The average Bonchev–Trinajstić information content (AvgIpc) is 1.87. The van der Waals surface area contributed by atoms with Gasteiger partial charge < -0.3 is 9.47 Å². The second-order valence-electron chi connectivity index (χ2n) is 1.99. The molecular formula is C8H10O3. The molecule has 0 rings (SSSR count). The third-order valence-electron chi connectivity index (χ3n) is 0.855. The van der Waals surface area contributed by atoms with Crippen LogP contribution in [0.2, 0.25) is 0 Å². The van der Waals surface area contributed by atoms with Crippen LogP contribution in [0.1, 0.15) is 13.8 Å². The predicted octanol–water partition coefficient (Wildman–Crippen LogP) is 1.06. The Bertz CT molecular complexity index is 200. The van der Waals surface area contributed by atoms with Gasteiger partial charge in [0, 0.05) is 12.5 Å². The maximum Gasteiger partial charge on any atom is 0.336 e. The minimum Gasteiger partial charge on any atom is -0.421 e. The number of rotatable bonds is 3. The van der Waals surface area contributed by atoms with Crippen molar-refractivity contribution in [3.05, 3.63) is 12.2 Å². The van der Waals surface area contributed by atoms with Gasteiger partial charge >= 0.3 is 5.97 Å². The van der Waals surface area contributed by atoms with Gasteiger partial charge in [-0.3, -0.25) is 0 Å². The first-order chi connectivity index (χ1) is 5.07. The van der Waals surface area contributed by atoms with E-state index in [0.717, 1.165) is 0 Å². The molecule has 0 aromatic rings. The summed E-state index contributed by atoms with van der Waals surface area (Å²) >= 11 is 0. The van der Waals surface area contributed by atoms with E-state index in [1.165, 1.54) is 6.92 Å². The van der Waals surface area contributed by atoms with Crippen molar-refractivity contribution < 1.29 is 14.3 Å². The molecule has 0 aliphatic rings. The normalized spacial score (nSPS) is 11.0. The molecule has 1 unspecified atom stereocenters. The molecule has 0 amide bonds. The Morgan fingerprint density at radius 3 is 2.64 bits per heavy atom. The van der Waals surface area contributed by atoms with Crippen LogP contribution in [-0.4, -0.2) is 12.3 Å². The molecule has 0 saturated heterocycles. The van der Waals surface area contributed by atoms with Crippen molar-refractivity contribution in [1.82, 2.24) is 0 Å². The van der Waals surface area contributed by atoms with Crippen molar-refractivity contribution in [3.8, 4) is 12.5 Å². The molecule has 0 aliphatic heterocycles. The van der Waals surface area contributed by atoms with E-state index >= 15 is 0 Å². The number of ether oxygens (including phenoxy) is 2. The molecule has 3 nitrogen and oxygen atoms in total. The smallest absolute Gasteiger partial charge is 0.336 e. The van der Waals surface area contributed by atoms with Crippen molar-refractivity contribution in [2.45, 2.75) is 20.1 Å². The summed E-state index contributed by atoms with van der Waals surface area (Å²) in [5.74, 6) is -0.507. The van der Waals surface area contributed by atoms with Crippen LogP contribution in [0.25, 0.3) is 0 Å². The lowest BCUT2D eigenvalue weighted by Crippen LogP contribution is -2.16. The van der Waals surface area contributed by atoms with Crippen molar-refractivity contribution in [1.29, 1.82) is 0 Å². The minimum absolute atomic E-state index is 0.317. The van der Waals surface area contributed by atoms with Crippen LogP contribution >= 0.6 is 0 Å². The Hall–Kier alpha value is -1.43. The van der Waals surface area contributed by atoms with Crippen LogP contribution in [0.3, 0.4) is 0 Å². The first-order valence-electron chi connectivity index (χ1n) is 3.05. The monoisotopic (exact) mass is 154 g/mol. The second kappa shape index (κ2) is 4.40. The summed E-state index contributed by atoms with van der Waals surface area (Å²) in [4.78, 5) is 10.8. The molecule has 0 aromatic heterocycles. The van der Waals surface area contributed by atoms with Gasteiger partial charge in [0.25, 0.3) is 6.29 Å². The maximum absolute atomic E-state index is 10.8. The second-order valence-corrected chi connectivity index (χ2v) is 1.99. The lowest BCUT2D eigenvalue weighted by Gasteiger charge is -2.09. The fourth-order valence-electron chi connectivity index (χ4n) is 0.371. The zero-order valence-corrected chi connectivity index (χ0v) is 6.59. The summed E-state index contributed by atoms with van der Waals surface area (Å²) in [7, 11) is 0. The van der Waals surface area contributed by atoms with Gasteiger partial charge in [0.15, 0.2) is 0 Å². The molecule has 0 heterocycles. The maximum atomic E-state index is 10.8. The standard InChI is InChI=1S/C8H10O3/c1-5-10-7(4)11-8(9)6(2)3/h1,7H,2H2,3-4H3. The van der Waals surface area contributed by atoms with Crippen LogP contribution in [0.4, 0.5) is 0 Å². The van der Waals surface area contributed by atoms with E-state index in [1.807, 2.05) is 6.11 Å². The van der Waals surface area contributed by atoms with E-state index in [0.29, 0.717) is 5.57 Å². The van der Waals surface area contributed by atoms with Gasteiger partial charge in [0.1, 0.15) is 6.11 Å². The van der Waals surface area contributed by atoms with Gasteiger partial charge in [-0.15, -0.1) is 0 Å². The first-order valence-corrected chi connectivity index (χ1v) is 3.05. The highest BCUT2D eigenvalue weighted by molar-refractivity contribution is 5.86. The number of hydrogen-bond acceptors (Lipinski definition) is 3. The molecule has 0 aliphatic carbocycles. The lowest BCUT2D eigenvalue weighted by atomic mass is 10.4. The SMILES string of the molecule is C#COC(C)OC(=O)C(=C)C. The summed E-state index contributed by atoms with van der Waals surface area (Å²) < 4.78 is 9.16. The third kappa shape index (κ3) is 4.04. The Kier molecular flexibility index (Phi) is 3.82. The number of carbonyl (C=O) groups excluding carboxylic acids is 1. The summed E-state index contributed by atoms with van der Waals surface area (Å²) in [6, 6.07) is 0. The van der Waals surface area contributed by atoms with Crippen molar-refractivity contribution in [2.24, 2.45) is 0 Å². The van der Waals surface area contributed by atoms with Crippen LogP contribution < -0.4 is 0 Å². The molecule has 60 valence electrons. The van der Waals surface area contributed by atoms with Crippen molar-refractivity contribution >= 4 is 5.97 Å². The van der Waals surface area contributed by atoms with Gasteiger partial charge in [0.05, 0.1) is 0 Å². The van der Waals surface area contributed by atoms with E-state index in [9.17, 15) is 4.79 Å². The van der Waals surface area contributed by atoms with E-state index in [-0.39, 0.29) is 0 Å².